The molecule has 1 N–H and O–H groups in total. The number of anilines is 1. The largest absolute Gasteiger partial charge is 0.325 e. The Bertz CT molecular complexity index is 899. The molecule has 0 bridgehead atoms. The van der Waals surface area contributed by atoms with Crippen LogP contribution >= 0.6 is 11.6 Å². The Hall–Kier alpha value is -1.93. The highest BCUT2D eigenvalue weighted by Crippen LogP contribution is 2.19. The molecule has 0 aliphatic heterocycles. The summed E-state index contributed by atoms with van der Waals surface area (Å²) >= 11 is 5.89. The molecule has 8 heteroatoms. The topological polar surface area (TPSA) is 69.7 Å². The molecule has 2 aromatic carbocycles. The van der Waals surface area contributed by atoms with Crippen molar-refractivity contribution in [2.75, 3.05) is 26.5 Å². The number of carbonyl (C=O) groups excluding carboxylic acids is 1. The van der Waals surface area contributed by atoms with Gasteiger partial charge in [0.15, 0.2) is 0 Å². The molecule has 6 nitrogen and oxygen atoms in total. The fourth-order valence-electron chi connectivity index (χ4n) is 2.41. The van der Waals surface area contributed by atoms with E-state index in [0.717, 1.165) is 9.87 Å². The van der Waals surface area contributed by atoms with Crippen LogP contribution in [0.25, 0.3) is 0 Å². The molecule has 1 amide bonds. The van der Waals surface area contributed by atoms with Crippen molar-refractivity contribution < 1.29 is 13.2 Å². The second-order valence-corrected chi connectivity index (χ2v) is 9.11. The van der Waals surface area contributed by atoms with Crippen molar-refractivity contribution in [3.63, 3.8) is 0 Å². The van der Waals surface area contributed by atoms with Crippen LogP contribution < -0.4 is 5.32 Å². The van der Waals surface area contributed by atoms with Gasteiger partial charge in [0.2, 0.25) is 15.9 Å². The van der Waals surface area contributed by atoms with Crippen molar-refractivity contribution >= 4 is 33.2 Å². The van der Waals surface area contributed by atoms with Gasteiger partial charge in [0.1, 0.15) is 0 Å². The maximum absolute atomic E-state index is 12.6. The van der Waals surface area contributed by atoms with Crippen LogP contribution in [0.2, 0.25) is 5.02 Å². The van der Waals surface area contributed by atoms with E-state index in [2.05, 4.69) is 5.32 Å². The molecule has 0 aliphatic rings. The summed E-state index contributed by atoms with van der Waals surface area (Å²) in [5, 5.41) is 3.45. The zero-order valence-corrected chi connectivity index (χ0v) is 17.4. The molecule has 1 atom stereocenters. The van der Waals surface area contributed by atoms with Gasteiger partial charge in [-0.2, -0.15) is 0 Å². The third kappa shape index (κ3) is 5.52. The van der Waals surface area contributed by atoms with Crippen LogP contribution in [0.15, 0.2) is 53.4 Å². The first-order valence-corrected chi connectivity index (χ1v) is 10.2. The number of amides is 1. The van der Waals surface area contributed by atoms with Gasteiger partial charge in [-0.25, -0.2) is 12.7 Å². The van der Waals surface area contributed by atoms with Crippen LogP contribution in [0, 0.1) is 0 Å². The average molecular weight is 410 g/mol. The Balaban J connectivity index is 2.06. The van der Waals surface area contributed by atoms with Gasteiger partial charge in [-0.1, -0.05) is 29.8 Å². The van der Waals surface area contributed by atoms with Crippen LogP contribution in [0.1, 0.15) is 12.5 Å². The lowest BCUT2D eigenvalue weighted by atomic mass is 10.2. The second-order valence-electron chi connectivity index (χ2n) is 6.52. The fraction of sp³-hybridized carbons (Fsp3) is 0.316. The van der Waals surface area contributed by atoms with E-state index in [9.17, 15) is 13.2 Å². The summed E-state index contributed by atoms with van der Waals surface area (Å²) in [5.74, 6) is -0.217. The van der Waals surface area contributed by atoms with Gasteiger partial charge in [0.05, 0.1) is 10.9 Å². The zero-order chi connectivity index (χ0) is 20.2. The fourth-order valence-corrected chi connectivity index (χ4v) is 3.48. The number of carbonyl (C=O) groups is 1. The van der Waals surface area contributed by atoms with E-state index in [1.54, 1.807) is 19.1 Å². The van der Waals surface area contributed by atoms with Gasteiger partial charge >= 0.3 is 0 Å². The molecular formula is C19H24ClN3O3S. The van der Waals surface area contributed by atoms with Gasteiger partial charge in [-0.05, 0) is 49.9 Å². The third-order valence-electron chi connectivity index (χ3n) is 4.27. The molecular weight excluding hydrogens is 386 g/mol. The lowest BCUT2D eigenvalue weighted by Crippen LogP contribution is -2.39. The van der Waals surface area contributed by atoms with Crippen LogP contribution in [0.4, 0.5) is 5.69 Å². The Kier molecular flexibility index (Phi) is 7.00. The number of sulfonamides is 1. The molecule has 146 valence electrons. The zero-order valence-electron chi connectivity index (χ0n) is 15.8. The number of halogens is 1. The Labute approximate surface area is 165 Å². The van der Waals surface area contributed by atoms with Crippen molar-refractivity contribution in [3.8, 4) is 0 Å². The molecule has 0 spiro atoms. The van der Waals surface area contributed by atoms with E-state index < -0.39 is 16.1 Å². The number of likely N-dealkylation sites (N-methyl/N-ethyl adjacent to an activating group) is 1. The van der Waals surface area contributed by atoms with Crippen molar-refractivity contribution in [1.82, 2.24) is 9.21 Å². The SMILES string of the molecule is C[C@@H](C(=O)Nc1cccc(S(=O)(=O)N(C)C)c1)N(C)Cc1ccc(Cl)cc1. The van der Waals surface area contributed by atoms with E-state index in [0.29, 0.717) is 17.3 Å². The molecule has 0 saturated carbocycles. The van der Waals surface area contributed by atoms with Gasteiger partial charge < -0.3 is 5.32 Å². The van der Waals surface area contributed by atoms with E-state index in [-0.39, 0.29) is 10.8 Å². The van der Waals surface area contributed by atoms with Crippen molar-refractivity contribution in [3.05, 3.63) is 59.1 Å². The number of benzene rings is 2. The highest BCUT2D eigenvalue weighted by Gasteiger charge is 2.20. The monoisotopic (exact) mass is 409 g/mol. The Morgan fingerprint density at radius 3 is 2.33 bits per heavy atom. The molecule has 27 heavy (non-hydrogen) atoms. The Morgan fingerprint density at radius 1 is 1.11 bits per heavy atom. The van der Waals surface area contributed by atoms with E-state index in [4.69, 9.17) is 11.6 Å². The number of nitrogens with one attached hydrogen (secondary N) is 1. The number of hydrogen-bond acceptors (Lipinski definition) is 4. The molecule has 2 aromatic rings. The maximum Gasteiger partial charge on any atom is 0.242 e. The molecule has 0 radical (unpaired) electrons. The van der Waals surface area contributed by atoms with Crippen LogP contribution in [-0.4, -0.2) is 50.7 Å². The molecule has 0 heterocycles. The quantitative estimate of drug-likeness (QED) is 0.763. The molecule has 0 saturated heterocycles. The van der Waals surface area contributed by atoms with Gasteiger partial charge in [-0.15, -0.1) is 0 Å². The van der Waals surface area contributed by atoms with Gasteiger partial charge in [0.25, 0.3) is 0 Å². The average Bonchev–Trinajstić information content (AvgIpc) is 2.63. The first-order chi connectivity index (χ1) is 12.6. The summed E-state index contributed by atoms with van der Waals surface area (Å²) in [4.78, 5) is 14.6. The van der Waals surface area contributed by atoms with Gasteiger partial charge in [-0.3, -0.25) is 9.69 Å². The number of nitrogens with zero attached hydrogens (tertiary/aromatic N) is 2. The second kappa shape index (κ2) is 8.84. The van der Waals surface area contributed by atoms with E-state index in [1.807, 2.05) is 36.2 Å². The highest BCUT2D eigenvalue weighted by molar-refractivity contribution is 7.89. The van der Waals surface area contributed by atoms with E-state index in [1.165, 1.54) is 26.2 Å². The molecule has 2 rings (SSSR count). The highest BCUT2D eigenvalue weighted by atomic mass is 35.5. The predicted octanol–water partition coefficient (Wildman–Crippen LogP) is 3.05. The summed E-state index contributed by atoms with van der Waals surface area (Å²) in [5.41, 5.74) is 1.48. The van der Waals surface area contributed by atoms with Crippen LogP contribution in [-0.2, 0) is 21.4 Å². The lowest BCUT2D eigenvalue weighted by molar-refractivity contribution is -0.120. The predicted molar refractivity (Wildman–Crippen MR) is 108 cm³/mol. The molecule has 0 fully saturated rings. The number of hydrogen-bond donors (Lipinski definition) is 1. The van der Waals surface area contributed by atoms with Crippen LogP contribution in [0.5, 0.6) is 0 Å². The van der Waals surface area contributed by atoms with Crippen molar-refractivity contribution in [2.45, 2.75) is 24.4 Å². The molecule has 0 aliphatic carbocycles. The Morgan fingerprint density at radius 2 is 1.74 bits per heavy atom. The van der Waals surface area contributed by atoms with Crippen molar-refractivity contribution in [2.24, 2.45) is 0 Å². The van der Waals surface area contributed by atoms with Crippen molar-refractivity contribution in [1.29, 1.82) is 0 Å². The summed E-state index contributed by atoms with van der Waals surface area (Å²) in [7, 11) is 1.23. The maximum atomic E-state index is 12.6. The summed E-state index contributed by atoms with van der Waals surface area (Å²) in [6, 6.07) is 13.3. The van der Waals surface area contributed by atoms with Gasteiger partial charge in [0, 0.05) is 31.4 Å². The normalized spacial score (nSPS) is 13.0. The first-order valence-electron chi connectivity index (χ1n) is 8.39. The summed E-state index contributed by atoms with van der Waals surface area (Å²) in [6.45, 7) is 2.38. The lowest BCUT2D eigenvalue weighted by Gasteiger charge is -2.24. The molecule has 0 aromatic heterocycles. The third-order valence-corrected chi connectivity index (χ3v) is 6.33. The first kappa shape index (κ1) is 21.4. The minimum atomic E-state index is -3.56. The summed E-state index contributed by atoms with van der Waals surface area (Å²) in [6.07, 6.45) is 0. The minimum Gasteiger partial charge on any atom is -0.325 e. The van der Waals surface area contributed by atoms with Crippen LogP contribution in [0.3, 0.4) is 0 Å². The molecule has 0 unspecified atom stereocenters. The van der Waals surface area contributed by atoms with E-state index >= 15 is 0 Å². The minimum absolute atomic E-state index is 0.132. The standard InChI is InChI=1S/C19H24ClN3O3S/c1-14(23(4)13-15-8-10-16(20)11-9-15)19(24)21-17-6-5-7-18(12-17)27(25,26)22(2)3/h5-12,14H,13H2,1-4H3,(H,21,24)/t14-/m0/s1. The number of rotatable bonds is 7. The summed E-state index contributed by atoms with van der Waals surface area (Å²) < 4.78 is 25.6. The smallest absolute Gasteiger partial charge is 0.242 e.